The molecule has 7 nitrogen and oxygen atoms in total. The number of thiophene rings is 1. The normalized spacial score (nSPS) is 10.4. The zero-order chi connectivity index (χ0) is 17.8. The van der Waals surface area contributed by atoms with E-state index in [9.17, 15) is 9.59 Å². The van der Waals surface area contributed by atoms with Crippen molar-refractivity contribution in [3.8, 4) is 16.2 Å². The first-order valence-electron chi connectivity index (χ1n) is 7.12. The fraction of sp³-hybridized carbons (Fsp3) is 0.0625. The number of nitrogens with one attached hydrogen (secondary N) is 1. The van der Waals surface area contributed by atoms with E-state index in [-0.39, 0.29) is 0 Å². The minimum absolute atomic E-state index is 0.310. The van der Waals surface area contributed by atoms with Gasteiger partial charge in [-0.2, -0.15) is 0 Å². The molecule has 0 saturated heterocycles. The highest BCUT2D eigenvalue weighted by atomic mass is 32.1. The summed E-state index contributed by atoms with van der Waals surface area (Å²) in [7, 11) is 0. The molecule has 0 fully saturated rings. The molecule has 0 bridgehead atoms. The zero-order valence-corrected chi connectivity index (χ0v) is 14.5. The van der Waals surface area contributed by atoms with Crippen LogP contribution in [0.2, 0.25) is 0 Å². The number of aromatic nitrogens is 1. The molecule has 3 aromatic rings. The van der Waals surface area contributed by atoms with Crippen molar-refractivity contribution in [2.24, 2.45) is 11.5 Å². The summed E-state index contributed by atoms with van der Waals surface area (Å²) in [5.41, 5.74) is 14.7. The van der Waals surface area contributed by atoms with Crippen LogP contribution in [0.15, 0.2) is 40.5 Å². The number of carbonyl (C=O) groups excluding carboxylic acids is 2. The van der Waals surface area contributed by atoms with Gasteiger partial charge in [0.25, 0.3) is 0 Å². The van der Waals surface area contributed by atoms with Gasteiger partial charge in [-0.1, -0.05) is 0 Å². The first-order chi connectivity index (χ1) is 12.0. The molecule has 128 valence electrons. The van der Waals surface area contributed by atoms with Gasteiger partial charge in [-0.15, -0.1) is 22.7 Å². The number of ether oxygens (including phenoxy) is 1. The van der Waals surface area contributed by atoms with E-state index in [1.165, 1.54) is 22.7 Å². The van der Waals surface area contributed by atoms with Crippen LogP contribution in [0, 0.1) is 0 Å². The Morgan fingerprint density at radius 1 is 1.24 bits per heavy atom. The number of carbonyl (C=O) groups is 2. The molecule has 9 heteroatoms. The molecule has 0 aliphatic rings. The minimum atomic E-state index is -0.713. The van der Waals surface area contributed by atoms with E-state index in [0.717, 1.165) is 5.69 Å². The van der Waals surface area contributed by atoms with Crippen LogP contribution in [-0.2, 0) is 6.61 Å². The Balaban J connectivity index is 1.93. The number of nitrogens with two attached hydrogens (primary N) is 2. The quantitative estimate of drug-likeness (QED) is 0.614. The number of urea groups is 1. The Labute approximate surface area is 151 Å². The van der Waals surface area contributed by atoms with Crippen molar-refractivity contribution in [1.82, 2.24) is 4.98 Å². The van der Waals surface area contributed by atoms with Crippen LogP contribution in [0.1, 0.15) is 16.1 Å². The van der Waals surface area contributed by atoms with E-state index in [1.54, 1.807) is 35.2 Å². The van der Waals surface area contributed by atoms with E-state index < -0.39 is 11.9 Å². The van der Waals surface area contributed by atoms with Gasteiger partial charge in [0.2, 0.25) is 5.91 Å². The van der Waals surface area contributed by atoms with Crippen LogP contribution < -0.4 is 21.5 Å². The van der Waals surface area contributed by atoms with Crippen LogP contribution in [0.5, 0.6) is 5.75 Å². The molecule has 0 unspecified atom stereocenters. The third-order valence-electron chi connectivity index (χ3n) is 3.29. The first kappa shape index (κ1) is 16.9. The lowest BCUT2D eigenvalue weighted by molar-refractivity contribution is 0.100. The number of primary amides is 2. The Bertz CT molecular complexity index is 906. The number of rotatable bonds is 6. The minimum Gasteiger partial charge on any atom is -0.487 e. The Kier molecular flexibility index (Phi) is 4.96. The van der Waals surface area contributed by atoms with Crippen molar-refractivity contribution >= 4 is 40.3 Å². The number of benzene rings is 1. The molecule has 2 heterocycles. The first-order valence-corrected chi connectivity index (χ1v) is 8.95. The second-order valence-electron chi connectivity index (χ2n) is 4.99. The number of hydrogen-bond acceptors (Lipinski definition) is 6. The Hall–Kier alpha value is -2.91. The highest BCUT2D eigenvalue weighted by Crippen LogP contribution is 2.37. The second kappa shape index (κ2) is 7.32. The molecule has 25 heavy (non-hydrogen) atoms. The fourth-order valence-corrected chi connectivity index (χ4v) is 3.71. The third-order valence-corrected chi connectivity index (χ3v) is 4.88. The summed E-state index contributed by atoms with van der Waals surface area (Å²) in [6.45, 7) is 0.310. The van der Waals surface area contributed by atoms with Gasteiger partial charge in [0.1, 0.15) is 12.4 Å². The largest absolute Gasteiger partial charge is 0.487 e. The van der Waals surface area contributed by atoms with Crippen LogP contribution in [0.3, 0.4) is 0 Å². The monoisotopic (exact) mass is 374 g/mol. The van der Waals surface area contributed by atoms with E-state index in [4.69, 9.17) is 16.2 Å². The summed E-state index contributed by atoms with van der Waals surface area (Å²) in [5.74, 6) is 0.00261. The highest BCUT2D eigenvalue weighted by molar-refractivity contribution is 7.14. The van der Waals surface area contributed by atoms with Crippen molar-refractivity contribution < 1.29 is 14.3 Å². The predicted octanol–water partition coefficient (Wildman–Crippen LogP) is 3.04. The average molecular weight is 374 g/mol. The van der Waals surface area contributed by atoms with Crippen LogP contribution in [0.25, 0.3) is 10.4 Å². The predicted molar refractivity (Wildman–Crippen MR) is 97.9 cm³/mol. The summed E-state index contributed by atoms with van der Waals surface area (Å²) in [6, 6.07) is 6.08. The number of nitrogens with zero attached hydrogens (tertiary/aromatic N) is 1. The molecule has 5 N–H and O–H groups in total. The third kappa shape index (κ3) is 3.95. The Morgan fingerprint density at radius 3 is 2.76 bits per heavy atom. The summed E-state index contributed by atoms with van der Waals surface area (Å²) in [5, 5.41) is 6.21. The zero-order valence-electron chi connectivity index (χ0n) is 12.9. The SMILES string of the molecule is NC(=O)Nc1cc(OCc2cscn2)ccc1-c1sccc1C(N)=O. The van der Waals surface area contributed by atoms with Crippen molar-refractivity contribution in [3.63, 3.8) is 0 Å². The number of thiazole rings is 1. The Morgan fingerprint density at radius 2 is 2.08 bits per heavy atom. The molecular weight excluding hydrogens is 360 g/mol. The summed E-state index contributed by atoms with van der Waals surface area (Å²) >= 11 is 2.83. The van der Waals surface area contributed by atoms with Crippen LogP contribution in [-0.4, -0.2) is 16.9 Å². The van der Waals surface area contributed by atoms with E-state index in [1.807, 2.05) is 5.38 Å². The molecule has 0 aliphatic carbocycles. The van der Waals surface area contributed by atoms with Crippen LogP contribution >= 0.6 is 22.7 Å². The number of hydrogen-bond donors (Lipinski definition) is 3. The van der Waals surface area contributed by atoms with Crippen molar-refractivity contribution in [2.45, 2.75) is 6.61 Å². The highest BCUT2D eigenvalue weighted by Gasteiger charge is 2.16. The topological polar surface area (TPSA) is 120 Å². The molecule has 0 spiro atoms. The van der Waals surface area contributed by atoms with Crippen molar-refractivity contribution in [3.05, 3.63) is 51.8 Å². The average Bonchev–Trinajstić information content (AvgIpc) is 3.24. The molecule has 1 aromatic carbocycles. The number of amides is 3. The summed E-state index contributed by atoms with van der Waals surface area (Å²) in [4.78, 5) is 27.7. The van der Waals surface area contributed by atoms with Crippen molar-refractivity contribution in [2.75, 3.05) is 5.32 Å². The lowest BCUT2D eigenvalue weighted by atomic mass is 10.1. The maximum atomic E-state index is 11.6. The van der Waals surface area contributed by atoms with Gasteiger partial charge in [0, 0.05) is 21.9 Å². The molecule has 3 rings (SSSR count). The van der Waals surface area contributed by atoms with E-state index in [0.29, 0.717) is 34.0 Å². The number of anilines is 1. The molecule has 2 aromatic heterocycles. The lowest BCUT2D eigenvalue weighted by Crippen LogP contribution is -2.20. The maximum absolute atomic E-state index is 11.6. The fourth-order valence-electron chi connectivity index (χ4n) is 2.23. The van der Waals surface area contributed by atoms with E-state index >= 15 is 0 Å². The maximum Gasteiger partial charge on any atom is 0.316 e. The van der Waals surface area contributed by atoms with Gasteiger partial charge in [-0.05, 0) is 23.6 Å². The van der Waals surface area contributed by atoms with Gasteiger partial charge in [0.15, 0.2) is 0 Å². The molecule has 0 saturated carbocycles. The molecule has 0 atom stereocenters. The molecular formula is C16H14N4O3S2. The van der Waals surface area contributed by atoms with Gasteiger partial charge < -0.3 is 21.5 Å². The molecule has 0 aliphatic heterocycles. The molecule has 0 radical (unpaired) electrons. The van der Waals surface area contributed by atoms with Crippen molar-refractivity contribution in [1.29, 1.82) is 0 Å². The van der Waals surface area contributed by atoms with Gasteiger partial charge >= 0.3 is 6.03 Å². The van der Waals surface area contributed by atoms with Gasteiger partial charge in [-0.3, -0.25) is 4.79 Å². The van der Waals surface area contributed by atoms with E-state index in [2.05, 4.69) is 10.3 Å². The summed E-state index contributed by atoms with van der Waals surface area (Å²) < 4.78 is 5.69. The smallest absolute Gasteiger partial charge is 0.316 e. The van der Waals surface area contributed by atoms with Gasteiger partial charge in [0.05, 0.1) is 22.5 Å². The summed E-state index contributed by atoms with van der Waals surface area (Å²) in [6.07, 6.45) is 0. The van der Waals surface area contributed by atoms with Gasteiger partial charge in [-0.25, -0.2) is 9.78 Å². The standard InChI is InChI=1S/C16H14N4O3S2/c17-15(21)12-3-4-25-14(12)11-2-1-10(5-13(11)20-16(18)22)23-6-9-7-24-8-19-9/h1-5,7-8H,6H2,(H2,17,21)(H3,18,20,22). The molecule has 3 amide bonds. The van der Waals surface area contributed by atoms with Crippen LogP contribution in [0.4, 0.5) is 10.5 Å². The lowest BCUT2D eigenvalue weighted by Gasteiger charge is -2.12. The second-order valence-corrected chi connectivity index (χ2v) is 6.63.